The molecule has 1 saturated carbocycles. The summed E-state index contributed by atoms with van der Waals surface area (Å²) >= 11 is 0. The minimum atomic E-state index is -0.373. The molecule has 2 fully saturated rings. The molecule has 0 N–H and O–H groups in total. The van der Waals surface area contributed by atoms with Crippen molar-refractivity contribution in [2.45, 2.75) is 49.9 Å². The average molecular weight is 395 g/mol. The number of hydrogen-bond acceptors (Lipinski definition) is 4. The first-order valence-electron chi connectivity index (χ1n) is 10.5. The smallest absolute Gasteiger partial charge is 0.168 e. The molecule has 2 aromatic carbocycles. The third kappa shape index (κ3) is 4.65. The van der Waals surface area contributed by atoms with E-state index in [0.29, 0.717) is 6.61 Å². The molecule has 0 bridgehead atoms. The molecule has 4 heteroatoms. The van der Waals surface area contributed by atoms with Gasteiger partial charge >= 0.3 is 0 Å². The molecule has 2 aromatic rings. The molecule has 1 spiro atoms. The summed E-state index contributed by atoms with van der Waals surface area (Å²) in [6, 6.07) is 16.4. The molecule has 4 nitrogen and oxygen atoms in total. The van der Waals surface area contributed by atoms with Gasteiger partial charge in [0.05, 0.1) is 26.9 Å². The highest BCUT2D eigenvalue weighted by Crippen LogP contribution is 2.42. The molecular formula is C25H30O4. The Bertz CT molecular complexity index is 804. The van der Waals surface area contributed by atoms with Gasteiger partial charge in [0.1, 0.15) is 11.5 Å². The van der Waals surface area contributed by atoms with Gasteiger partial charge in [0, 0.05) is 18.8 Å². The first kappa shape index (κ1) is 20.0. The maximum Gasteiger partial charge on any atom is 0.168 e. The highest BCUT2D eigenvalue weighted by atomic mass is 16.7. The lowest BCUT2D eigenvalue weighted by Gasteiger charge is -2.32. The van der Waals surface area contributed by atoms with Crippen LogP contribution >= 0.6 is 0 Å². The minimum absolute atomic E-state index is 0.0102. The van der Waals surface area contributed by atoms with E-state index in [0.717, 1.165) is 29.9 Å². The van der Waals surface area contributed by atoms with Gasteiger partial charge in [-0.05, 0) is 48.2 Å². The lowest BCUT2D eigenvalue weighted by Crippen LogP contribution is -2.34. The number of hydrogen-bond donors (Lipinski definition) is 0. The average Bonchev–Trinajstić information content (AvgIpc) is 3.18. The first-order chi connectivity index (χ1) is 14.2. The van der Waals surface area contributed by atoms with Crippen LogP contribution in [0.3, 0.4) is 0 Å². The van der Waals surface area contributed by atoms with Gasteiger partial charge in [-0.2, -0.15) is 0 Å². The third-order valence-corrected chi connectivity index (χ3v) is 6.01. The molecule has 154 valence electrons. The van der Waals surface area contributed by atoms with Gasteiger partial charge in [0.2, 0.25) is 0 Å². The maximum atomic E-state index is 6.56. The van der Waals surface area contributed by atoms with E-state index in [9.17, 15) is 0 Å². The molecule has 1 aliphatic carbocycles. The number of methoxy groups -OCH3 is 2. The summed E-state index contributed by atoms with van der Waals surface area (Å²) in [4.78, 5) is 0. The first-order valence-corrected chi connectivity index (χ1v) is 10.5. The van der Waals surface area contributed by atoms with Crippen molar-refractivity contribution in [1.29, 1.82) is 0 Å². The van der Waals surface area contributed by atoms with Crippen LogP contribution in [0.5, 0.6) is 11.5 Å². The maximum absolute atomic E-state index is 6.56. The van der Waals surface area contributed by atoms with Crippen molar-refractivity contribution in [3.63, 3.8) is 0 Å². The van der Waals surface area contributed by atoms with E-state index >= 15 is 0 Å². The molecule has 29 heavy (non-hydrogen) atoms. The van der Waals surface area contributed by atoms with Gasteiger partial charge in [-0.3, -0.25) is 0 Å². The molecular weight excluding hydrogens is 364 g/mol. The summed E-state index contributed by atoms with van der Waals surface area (Å²) < 4.78 is 23.4. The van der Waals surface area contributed by atoms with Gasteiger partial charge in [-0.25, -0.2) is 0 Å². The Labute approximate surface area is 173 Å². The molecule has 2 atom stereocenters. The Balaban J connectivity index is 1.57. The normalized spacial score (nSPS) is 22.1. The number of rotatable bonds is 6. The highest BCUT2D eigenvalue weighted by molar-refractivity contribution is 5.52. The Morgan fingerprint density at radius 1 is 0.897 bits per heavy atom. The second-order valence-electron chi connectivity index (χ2n) is 7.87. The summed E-state index contributed by atoms with van der Waals surface area (Å²) in [6.45, 7) is 0.629. The van der Waals surface area contributed by atoms with Crippen molar-refractivity contribution < 1.29 is 18.9 Å². The van der Waals surface area contributed by atoms with E-state index in [4.69, 9.17) is 18.9 Å². The van der Waals surface area contributed by atoms with Crippen molar-refractivity contribution in [3.05, 3.63) is 65.7 Å². The molecule has 0 aromatic heterocycles. The van der Waals surface area contributed by atoms with Gasteiger partial charge in [0.15, 0.2) is 5.79 Å². The topological polar surface area (TPSA) is 36.9 Å². The van der Waals surface area contributed by atoms with Crippen LogP contribution in [-0.4, -0.2) is 32.7 Å². The summed E-state index contributed by atoms with van der Waals surface area (Å²) in [7, 11) is 3.37. The molecule has 1 saturated heterocycles. The Morgan fingerprint density at radius 3 is 2.14 bits per heavy atom. The molecule has 1 aliphatic heterocycles. The highest BCUT2D eigenvalue weighted by Gasteiger charge is 2.44. The van der Waals surface area contributed by atoms with E-state index in [1.54, 1.807) is 14.2 Å². The zero-order chi connectivity index (χ0) is 20.1. The van der Waals surface area contributed by atoms with Crippen molar-refractivity contribution in [2.24, 2.45) is 0 Å². The van der Waals surface area contributed by atoms with Gasteiger partial charge in [-0.15, -0.1) is 0 Å². The predicted octanol–water partition coefficient (Wildman–Crippen LogP) is 5.58. The molecule has 2 aliphatic rings. The summed E-state index contributed by atoms with van der Waals surface area (Å²) in [5.41, 5.74) is 2.34. The standard InChI is InChI=1S/C25H30O4/c1-26-21-11-6-19(7-12-21)8-15-23(20-9-13-22(27-2)14-10-20)24-18-28-25(29-24)16-4-3-5-17-25/h6-15,23-24H,3-5,16-18H2,1-2H3/b15-8+/t23-,24-/m1/s1. The zero-order valence-electron chi connectivity index (χ0n) is 17.3. The molecule has 4 rings (SSSR count). The Hall–Kier alpha value is -2.30. The van der Waals surface area contributed by atoms with Crippen LogP contribution < -0.4 is 9.47 Å². The van der Waals surface area contributed by atoms with Gasteiger partial charge in [-0.1, -0.05) is 42.8 Å². The third-order valence-electron chi connectivity index (χ3n) is 6.01. The molecule has 1 heterocycles. The Morgan fingerprint density at radius 2 is 1.52 bits per heavy atom. The van der Waals surface area contributed by atoms with Crippen molar-refractivity contribution in [2.75, 3.05) is 20.8 Å². The van der Waals surface area contributed by atoms with E-state index < -0.39 is 0 Å². The molecule has 0 amide bonds. The monoisotopic (exact) mass is 394 g/mol. The summed E-state index contributed by atoms with van der Waals surface area (Å²) in [5.74, 6) is 1.46. The number of ether oxygens (including phenoxy) is 4. The van der Waals surface area contributed by atoms with Crippen LogP contribution in [0.25, 0.3) is 6.08 Å². The number of benzene rings is 2. The molecule has 0 radical (unpaired) electrons. The van der Waals surface area contributed by atoms with E-state index in [2.05, 4.69) is 36.4 Å². The van der Waals surface area contributed by atoms with Crippen LogP contribution in [0, 0.1) is 0 Å². The lowest BCUT2D eigenvalue weighted by molar-refractivity contribution is -0.187. The predicted molar refractivity (Wildman–Crippen MR) is 114 cm³/mol. The fraction of sp³-hybridized carbons (Fsp3) is 0.440. The Kier molecular flexibility index (Phi) is 6.22. The lowest BCUT2D eigenvalue weighted by atomic mass is 9.91. The quantitative estimate of drug-likeness (QED) is 0.641. The van der Waals surface area contributed by atoms with Gasteiger partial charge < -0.3 is 18.9 Å². The second-order valence-corrected chi connectivity index (χ2v) is 7.87. The fourth-order valence-electron chi connectivity index (χ4n) is 4.31. The van der Waals surface area contributed by atoms with Crippen molar-refractivity contribution in [3.8, 4) is 11.5 Å². The molecule has 0 unspecified atom stereocenters. The van der Waals surface area contributed by atoms with E-state index in [1.165, 1.54) is 24.8 Å². The SMILES string of the molecule is COc1ccc(/C=C/[C@H](c2ccc(OC)cc2)[C@H]2COC3(CCCCC3)O2)cc1. The van der Waals surface area contributed by atoms with Crippen LogP contribution in [0.15, 0.2) is 54.6 Å². The minimum Gasteiger partial charge on any atom is -0.497 e. The van der Waals surface area contributed by atoms with E-state index in [-0.39, 0.29) is 17.8 Å². The largest absolute Gasteiger partial charge is 0.497 e. The van der Waals surface area contributed by atoms with Crippen LogP contribution in [-0.2, 0) is 9.47 Å². The summed E-state index contributed by atoms with van der Waals surface area (Å²) in [5, 5.41) is 0. The van der Waals surface area contributed by atoms with Crippen molar-refractivity contribution >= 4 is 6.08 Å². The van der Waals surface area contributed by atoms with Crippen LogP contribution in [0.2, 0.25) is 0 Å². The van der Waals surface area contributed by atoms with E-state index in [1.807, 2.05) is 24.3 Å². The van der Waals surface area contributed by atoms with Crippen molar-refractivity contribution in [1.82, 2.24) is 0 Å². The second kappa shape index (κ2) is 9.02. The fourth-order valence-corrected chi connectivity index (χ4v) is 4.31. The zero-order valence-corrected chi connectivity index (χ0v) is 17.3. The summed E-state index contributed by atoms with van der Waals surface area (Å²) in [6.07, 6.45) is 10.0. The van der Waals surface area contributed by atoms with Crippen LogP contribution in [0.1, 0.15) is 49.1 Å². The van der Waals surface area contributed by atoms with Crippen LogP contribution in [0.4, 0.5) is 0 Å². The van der Waals surface area contributed by atoms with Gasteiger partial charge in [0.25, 0.3) is 0 Å².